The maximum atomic E-state index is 12.2. The van der Waals surface area contributed by atoms with E-state index in [1.165, 1.54) is 5.56 Å². The molecule has 1 aromatic carbocycles. The number of carboxylic acid groups (broad SMARTS) is 1. The van der Waals surface area contributed by atoms with Crippen LogP contribution in [0.25, 0.3) is 0 Å². The first-order valence-corrected chi connectivity index (χ1v) is 7.63. The fourth-order valence-corrected chi connectivity index (χ4v) is 3.43. The zero-order valence-corrected chi connectivity index (χ0v) is 12.5. The highest BCUT2D eigenvalue weighted by molar-refractivity contribution is 9.10. The second kappa shape index (κ2) is 4.88. The minimum atomic E-state index is -1.17. The van der Waals surface area contributed by atoms with E-state index in [1.807, 2.05) is 24.3 Å². The molecular formula is C15H16BrNO3. The molecule has 0 saturated heterocycles. The summed E-state index contributed by atoms with van der Waals surface area (Å²) >= 11 is 3.51. The molecule has 5 heteroatoms. The van der Waals surface area contributed by atoms with Gasteiger partial charge in [0, 0.05) is 16.4 Å². The molecule has 0 bridgehead atoms. The minimum absolute atomic E-state index is 0.0676. The van der Waals surface area contributed by atoms with Gasteiger partial charge in [0.05, 0.1) is 0 Å². The Labute approximate surface area is 125 Å². The van der Waals surface area contributed by atoms with Crippen molar-refractivity contribution >= 4 is 27.8 Å². The summed E-state index contributed by atoms with van der Waals surface area (Å²) in [7, 11) is 0. The van der Waals surface area contributed by atoms with Gasteiger partial charge >= 0.3 is 5.97 Å². The lowest BCUT2D eigenvalue weighted by Crippen LogP contribution is -2.51. The summed E-state index contributed by atoms with van der Waals surface area (Å²) in [5.74, 6) is -1.00. The SMILES string of the molecule is O=C(O)C1(C(=O)N[C@@H]2C[C@H]2c2ccccc2Br)CCC1. The van der Waals surface area contributed by atoms with Gasteiger partial charge in [0.2, 0.25) is 5.91 Å². The second-order valence-electron chi connectivity index (χ2n) is 5.68. The smallest absolute Gasteiger partial charge is 0.319 e. The molecule has 1 amide bonds. The third-order valence-corrected chi connectivity index (χ3v) is 5.18. The lowest BCUT2D eigenvalue weighted by molar-refractivity contribution is -0.162. The highest BCUT2D eigenvalue weighted by atomic mass is 79.9. The maximum Gasteiger partial charge on any atom is 0.319 e. The third-order valence-electron chi connectivity index (χ3n) is 4.46. The van der Waals surface area contributed by atoms with E-state index in [4.69, 9.17) is 0 Å². The van der Waals surface area contributed by atoms with Crippen molar-refractivity contribution < 1.29 is 14.7 Å². The summed E-state index contributed by atoms with van der Waals surface area (Å²) in [6.07, 6.45) is 2.61. The van der Waals surface area contributed by atoms with Crippen molar-refractivity contribution in [3.63, 3.8) is 0 Å². The summed E-state index contributed by atoms with van der Waals surface area (Å²) in [6.45, 7) is 0. The van der Waals surface area contributed by atoms with Gasteiger partial charge in [0.25, 0.3) is 0 Å². The molecule has 0 aliphatic heterocycles. The Morgan fingerprint density at radius 3 is 2.55 bits per heavy atom. The molecule has 4 nitrogen and oxygen atoms in total. The van der Waals surface area contributed by atoms with Gasteiger partial charge in [0.1, 0.15) is 5.41 Å². The molecule has 0 aromatic heterocycles. The first kappa shape index (κ1) is 13.6. The van der Waals surface area contributed by atoms with Crippen molar-refractivity contribution in [1.82, 2.24) is 5.32 Å². The van der Waals surface area contributed by atoms with Crippen LogP contribution in [-0.2, 0) is 9.59 Å². The van der Waals surface area contributed by atoms with Gasteiger partial charge in [-0.15, -0.1) is 0 Å². The van der Waals surface area contributed by atoms with Crippen LogP contribution in [0.15, 0.2) is 28.7 Å². The number of amides is 1. The number of hydrogen-bond acceptors (Lipinski definition) is 2. The highest BCUT2D eigenvalue weighted by Crippen LogP contribution is 2.46. The Morgan fingerprint density at radius 2 is 2.00 bits per heavy atom. The summed E-state index contributed by atoms with van der Waals surface area (Å²) < 4.78 is 1.04. The number of carboxylic acids is 1. The molecule has 3 rings (SSSR count). The van der Waals surface area contributed by atoms with Gasteiger partial charge in [-0.3, -0.25) is 9.59 Å². The first-order chi connectivity index (χ1) is 9.54. The molecule has 106 valence electrons. The molecule has 20 heavy (non-hydrogen) atoms. The standard InChI is InChI=1S/C15H16BrNO3/c16-11-5-2-1-4-9(11)10-8-12(10)17-13(18)15(14(19)20)6-3-7-15/h1-2,4-5,10,12H,3,6-8H2,(H,17,18)(H,19,20)/t10-,12+/m0/s1. The van der Waals surface area contributed by atoms with Crippen molar-refractivity contribution in [1.29, 1.82) is 0 Å². The third kappa shape index (κ3) is 2.14. The maximum absolute atomic E-state index is 12.2. The lowest BCUT2D eigenvalue weighted by atomic mass is 9.68. The lowest BCUT2D eigenvalue weighted by Gasteiger charge is -2.35. The number of benzene rings is 1. The Bertz CT molecular complexity index is 568. The van der Waals surface area contributed by atoms with Crippen LogP contribution >= 0.6 is 15.9 Å². The normalized spacial score (nSPS) is 26.4. The molecule has 2 atom stereocenters. The summed E-state index contributed by atoms with van der Waals surface area (Å²) in [5.41, 5.74) is 0.0110. The number of halogens is 1. The first-order valence-electron chi connectivity index (χ1n) is 6.83. The predicted molar refractivity (Wildman–Crippen MR) is 77.4 cm³/mol. The van der Waals surface area contributed by atoms with Crippen LogP contribution in [-0.4, -0.2) is 23.0 Å². The van der Waals surface area contributed by atoms with Crippen LogP contribution in [0.2, 0.25) is 0 Å². The fraction of sp³-hybridized carbons (Fsp3) is 0.467. The summed E-state index contributed by atoms with van der Waals surface area (Å²) in [6, 6.07) is 8.02. The van der Waals surface area contributed by atoms with Gasteiger partial charge in [-0.05, 0) is 30.9 Å². The number of aliphatic carboxylic acids is 1. The number of carbonyl (C=O) groups excluding carboxylic acids is 1. The van der Waals surface area contributed by atoms with E-state index < -0.39 is 11.4 Å². The van der Waals surface area contributed by atoms with Crippen molar-refractivity contribution in [3.8, 4) is 0 Å². The van der Waals surface area contributed by atoms with Crippen LogP contribution in [0.4, 0.5) is 0 Å². The quantitative estimate of drug-likeness (QED) is 0.830. The molecule has 2 N–H and O–H groups in total. The Balaban J connectivity index is 1.65. The Morgan fingerprint density at radius 1 is 1.30 bits per heavy atom. The van der Waals surface area contributed by atoms with Crippen LogP contribution in [0.1, 0.15) is 37.2 Å². The van der Waals surface area contributed by atoms with Gasteiger partial charge in [0.15, 0.2) is 0 Å². The Kier molecular flexibility index (Phi) is 3.32. The molecular weight excluding hydrogens is 322 g/mol. The van der Waals surface area contributed by atoms with Crippen molar-refractivity contribution in [2.45, 2.75) is 37.6 Å². The average molecular weight is 338 g/mol. The monoisotopic (exact) mass is 337 g/mol. The molecule has 0 heterocycles. The van der Waals surface area contributed by atoms with Gasteiger partial charge in [-0.1, -0.05) is 40.5 Å². The molecule has 2 aliphatic carbocycles. The van der Waals surface area contributed by atoms with E-state index >= 15 is 0 Å². The van der Waals surface area contributed by atoms with Gasteiger partial charge < -0.3 is 10.4 Å². The zero-order valence-electron chi connectivity index (χ0n) is 10.9. The highest BCUT2D eigenvalue weighted by Gasteiger charge is 2.53. The second-order valence-corrected chi connectivity index (χ2v) is 6.54. The van der Waals surface area contributed by atoms with Crippen LogP contribution in [0.5, 0.6) is 0 Å². The molecule has 0 unspecified atom stereocenters. The van der Waals surface area contributed by atoms with Crippen LogP contribution in [0.3, 0.4) is 0 Å². The largest absolute Gasteiger partial charge is 0.480 e. The molecule has 1 aromatic rings. The molecule has 2 saturated carbocycles. The molecule has 2 aliphatic rings. The summed E-state index contributed by atoms with van der Waals surface area (Å²) in [4.78, 5) is 23.5. The van der Waals surface area contributed by atoms with E-state index in [-0.39, 0.29) is 11.9 Å². The van der Waals surface area contributed by atoms with E-state index in [2.05, 4.69) is 21.2 Å². The van der Waals surface area contributed by atoms with Gasteiger partial charge in [-0.25, -0.2) is 0 Å². The van der Waals surface area contributed by atoms with Crippen molar-refractivity contribution in [2.75, 3.05) is 0 Å². The molecule has 0 radical (unpaired) electrons. The van der Waals surface area contributed by atoms with Crippen LogP contribution < -0.4 is 5.32 Å². The van der Waals surface area contributed by atoms with Crippen molar-refractivity contribution in [3.05, 3.63) is 34.3 Å². The van der Waals surface area contributed by atoms with E-state index in [0.29, 0.717) is 18.8 Å². The molecule has 2 fully saturated rings. The topological polar surface area (TPSA) is 66.4 Å². The van der Waals surface area contributed by atoms with Crippen LogP contribution in [0, 0.1) is 5.41 Å². The number of rotatable bonds is 4. The number of carbonyl (C=O) groups is 2. The van der Waals surface area contributed by atoms with E-state index in [9.17, 15) is 14.7 Å². The summed E-state index contributed by atoms with van der Waals surface area (Å²) in [5, 5.41) is 12.2. The average Bonchev–Trinajstić information content (AvgIpc) is 3.06. The van der Waals surface area contributed by atoms with E-state index in [0.717, 1.165) is 17.3 Å². The fourth-order valence-electron chi connectivity index (χ4n) is 2.85. The Hall–Kier alpha value is -1.36. The van der Waals surface area contributed by atoms with E-state index in [1.54, 1.807) is 0 Å². The zero-order chi connectivity index (χ0) is 14.3. The number of nitrogens with one attached hydrogen (secondary N) is 1. The van der Waals surface area contributed by atoms with Gasteiger partial charge in [-0.2, -0.15) is 0 Å². The predicted octanol–water partition coefficient (Wildman–Crippen LogP) is 2.68. The molecule has 0 spiro atoms. The van der Waals surface area contributed by atoms with Crippen molar-refractivity contribution in [2.24, 2.45) is 5.41 Å². The minimum Gasteiger partial charge on any atom is -0.480 e. The number of hydrogen-bond donors (Lipinski definition) is 2.